The molecule has 0 radical (unpaired) electrons. The maximum atomic E-state index is 3.77. The number of likely N-dealkylation sites (tertiary alicyclic amines) is 1. The van der Waals surface area contributed by atoms with E-state index >= 15 is 0 Å². The summed E-state index contributed by atoms with van der Waals surface area (Å²) in [7, 11) is 0. The quantitative estimate of drug-likeness (QED) is 0.747. The molecule has 0 aromatic rings. The molecule has 0 amide bonds. The molecule has 2 heteroatoms. The van der Waals surface area contributed by atoms with Crippen LogP contribution in [0.2, 0.25) is 0 Å². The van der Waals surface area contributed by atoms with Gasteiger partial charge in [-0.05, 0) is 44.6 Å². The van der Waals surface area contributed by atoms with E-state index in [0.29, 0.717) is 0 Å². The summed E-state index contributed by atoms with van der Waals surface area (Å²) < 4.78 is 0. The molecule has 2 atom stereocenters. The van der Waals surface area contributed by atoms with Crippen molar-refractivity contribution in [2.75, 3.05) is 19.6 Å². The molecule has 2 nitrogen and oxygen atoms in total. The SMILES string of the molecule is C1CCC(CN2CCC3CCC(C2)N3)C1. The third kappa shape index (κ3) is 2.36. The van der Waals surface area contributed by atoms with Crippen molar-refractivity contribution in [1.82, 2.24) is 10.2 Å². The summed E-state index contributed by atoms with van der Waals surface area (Å²) in [5, 5.41) is 3.77. The topological polar surface area (TPSA) is 15.3 Å². The number of hydrogen-bond acceptors (Lipinski definition) is 2. The van der Waals surface area contributed by atoms with Gasteiger partial charge in [0.1, 0.15) is 0 Å². The molecule has 3 fully saturated rings. The lowest BCUT2D eigenvalue weighted by molar-refractivity contribution is 0.221. The molecule has 2 bridgehead atoms. The van der Waals surface area contributed by atoms with Crippen molar-refractivity contribution in [2.24, 2.45) is 5.92 Å². The van der Waals surface area contributed by atoms with Gasteiger partial charge in [-0.1, -0.05) is 12.8 Å². The van der Waals surface area contributed by atoms with Crippen LogP contribution < -0.4 is 5.32 Å². The van der Waals surface area contributed by atoms with Gasteiger partial charge in [0.25, 0.3) is 0 Å². The van der Waals surface area contributed by atoms with Crippen LogP contribution in [-0.4, -0.2) is 36.6 Å². The van der Waals surface area contributed by atoms with Crippen LogP contribution in [0.1, 0.15) is 44.9 Å². The molecule has 0 spiro atoms. The first-order valence-electron chi connectivity index (χ1n) is 6.88. The number of fused-ring (bicyclic) bond motifs is 2. The molecule has 3 rings (SSSR count). The highest BCUT2D eigenvalue weighted by Gasteiger charge is 2.30. The van der Waals surface area contributed by atoms with Crippen molar-refractivity contribution in [3.05, 3.63) is 0 Å². The maximum Gasteiger partial charge on any atom is 0.0198 e. The fourth-order valence-electron chi connectivity index (χ4n) is 3.74. The summed E-state index contributed by atoms with van der Waals surface area (Å²) in [6, 6.07) is 1.67. The first-order chi connectivity index (χ1) is 7.40. The molecular weight excluding hydrogens is 184 g/mol. The third-order valence-electron chi connectivity index (χ3n) is 4.60. The second kappa shape index (κ2) is 4.42. The van der Waals surface area contributed by atoms with Gasteiger partial charge < -0.3 is 10.2 Å². The van der Waals surface area contributed by atoms with Crippen LogP contribution in [0.25, 0.3) is 0 Å². The van der Waals surface area contributed by atoms with E-state index in [0.717, 1.165) is 18.0 Å². The normalized spacial score (nSPS) is 38.4. The van der Waals surface area contributed by atoms with Crippen molar-refractivity contribution >= 4 is 0 Å². The predicted molar refractivity (Wildman–Crippen MR) is 63.0 cm³/mol. The zero-order valence-electron chi connectivity index (χ0n) is 9.75. The van der Waals surface area contributed by atoms with Crippen molar-refractivity contribution in [3.8, 4) is 0 Å². The molecule has 3 aliphatic rings. The van der Waals surface area contributed by atoms with Crippen molar-refractivity contribution in [3.63, 3.8) is 0 Å². The van der Waals surface area contributed by atoms with Crippen LogP contribution in [0, 0.1) is 5.92 Å². The Hall–Kier alpha value is -0.0800. The molecule has 2 saturated heterocycles. The number of hydrogen-bond donors (Lipinski definition) is 1. The lowest BCUT2D eigenvalue weighted by Crippen LogP contribution is -2.37. The highest BCUT2D eigenvalue weighted by Crippen LogP contribution is 2.27. The van der Waals surface area contributed by atoms with E-state index in [1.807, 2.05) is 0 Å². The van der Waals surface area contributed by atoms with Gasteiger partial charge in [0.05, 0.1) is 0 Å². The van der Waals surface area contributed by atoms with E-state index in [4.69, 9.17) is 0 Å². The Morgan fingerprint density at radius 2 is 1.73 bits per heavy atom. The lowest BCUT2D eigenvalue weighted by atomic mass is 10.0. The maximum absolute atomic E-state index is 3.77. The summed E-state index contributed by atoms with van der Waals surface area (Å²) >= 11 is 0. The summed E-state index contributed by atoms with van der Waals surface area (Å²) in [5.74, 6) is 1.03. The van der Waals surface area contributed by atoms with Crippen LogP contribution in [-0.2, 0) is 0 Å². The summed E-state index contributed by atoms with van der Waals surface area (Å²) in [6.45, 7) is 4.07. The fraction of sp³-hybridized carbons (Fsp3) is 1.00. The van der Waals surface area contributed by atoms with Crippen LogP contribution in [0.3, 0.4) is 0 Å². The highest BCUT2D eigenvalue weighted by atomic mass is 15.2. The van der Waals surface area contributed by atoms with Gasteiger partial charge >= 0.3 is 0 Å². The van der Waals surface area contributed by atoms with Gasteiger partial charge in [0.2, 0.25) is 0 Å². The Morgan fingerprint density at radius 1 is 0.933 bits per heavy atom. The first kappa shape index (κ1) is 10.1. The predicted octanol–water partition coefficient (Wildman–Crippen LogP) is 2.00. The van der Waals surface area contributed by atoms with Gasteiger partial charge in [-0.15, -0.1) is 0 Å². The van der Waals surface area contributed by atoms with Crippen LogP contribution >= 0.6 is 0 Å². The summed E-state index contributed by atoms with van der Waals surface area (Å²) in [4.78, 5) is 2.74. The second-order valence-corrected chi connectivity index (χ2v) is 5.84. The lowest BCUT2D eigenvalue weighted by Gasteiger charge is -2.26. The Morgan fingerprint density at radius 3 is 2.60 bits per heavy atom. The zero-order valence-corrected chi connectivity index (χ0v) is 9.75. The first-order valence-corrected chi connectivity index (χ1v) is 6.88. The number of nitrogens with zero attached hydrogens (tertiary/aromatic N) is 1. The largest absolute Gasteiger partial charge is 0.310 e. The Labute approximate surface area is 93.4 Å². The van der Waals surface area contributed by atoms with Gasteiger partial charge in [-0.25, -0.2) is 0 Å². The summed E-state index contributed by atoms with van der Waals surface area (Å²) in [6.07, 6.45) is 10.2. The Bertz CT molecular complexity index is 211. The minimum Gasteiger partial charge on any atom is -0.310 e. The highest BCUT2D eigenvalue weighted by molar-refractivity contribution is 4.90. The molecule has 86 valence electrons. The Balaban J connectivity index is 1.53. The van der Waals surface area contributed by atoms with Gasteiger partial charge in [0, 0.05) is 25.2 Å². The average Bonchev–Trinajstić information content (AvgIpc) is 2.80. The monoisotopic (exact) mass is 208 g/mol. The molecule has 1 saturated carbocycles. The smallest absolute Gasteiger partial charge is 0.0198 e. The third-order valence-corrected chi connectivity index (χ3v) is 4.60. The van der Waals surface area contributed by atoms with Crippen LogP contribution in [0.5, 0.6) is 0 Å². The zero-order chi connectivity index (χ0) is 10.1. The fourth-order valence-corrected chi connectivity index (χ4v) is 3.74. The molecule has 2 aliphatic heterocycles. The van der Waals surface area contributed by atoms with E-state index < -0.39 is 0 Å². The summed E-state index contributed by atoms with van der Waals surface area (Å²) in [5.41, 5.74) is 0. The Kier molecular flexibility index (Phi) is 2.98. The molecule has 2 unspecified atom stereocenters. The van der Waals surface area contributed by atoms with Gasteiger partial charge in [0.15, 0.2) is 0 Å². The van der Waals surface area contributed by atoms with E-state index in [2.05, 4.69) is 10.2 Å². The molecule has 0 aromatic carbocycles. The van der Waals surface area contributed by atoms with Crippen LogP contribution in [0.15, 0.2) is 0 Å². The molecular formula is C13H24N2. The van der Waals surface area contributed by atoms with Crippen molar-refractivity contribution in [1.29, 1.82) is 0 Å². The van der Waals surface area contributed by atoms with Gasteiger partial charge in [-0.3, -0.25) is 0 Å². The molecule has 2 heterocycles. The minimum absolute atomic E-state index is 0.818. The molecule has 0 aromatic heterocycles. The molecule has 1 aliphatic carbocycles. The van der Waals surface area contributed by atoms with E-state index in [9.17, 15) is 0 Å². The molecule has 15 heavy (non-hydrogen) atoms. The minimum atomic E-state index is 0.818. The average molecular weight is 208 g/mol. The number of rotatable bonds is 2. The van der Waals surface area contributed by atoms with E-state index in [-0.39, 0.29) is 0 Å². The molecule has 1 N–H and O–H groups in total. The van der Waals surface area contributed by atoms with Gasteiger partial charge in [-0.2, -0.15) is 0 Å². The van der Waals surface area contributed by atoms with Crippen molar-refractivity contribution in [2.45, 2.75) is 57.0 Å². The van der Waals surface area contributed by atoms with Crippen molar-refractivity contribution < 1.29 is 0 Å². The van der Waals surface area contributed by atoms with E-state index in [1.165, 1.54) is 64.6 Å². The second-order valence-electron chi connectivity index (χ2n) is 5.84. The number of nitrogens with one attached hydrogen (secondary N) is 1. The van der Waals surface area contributed by atoms with E-state index in [1.54, 1.807) is 0 Å². The van der Waals surface area contributed by atoms with Crippen LogP contribution in [0.4, 0.5) is 0 Å². The standard InChI is InChI=1S/C13H24N2/c1-2-4-11(3-1)9-15-8-7-12-5-6-13(10-15)14-12/h11-14H,1-10H2.